The molecule has 13 nitrogen and oxygen atoms in total. The molecule has 2 N–H and O–H groups in total. The molecule has 2 aromatic heterocycles. The molecular formula is C20H25N9O4S2. The monoisotopic (exact) mass is 519 g/mol. The molecule has 186 valence electrons. The molecule has 35 heavy (non-hydrogen) atoms. The van der Waals surface area contributed by atoms with E-state index >= 15 is 0 Å². The van der Waals surface area contributed by atoms with Gasteiger partial charge in [-0.2, -0.15) is 0 Å². The van der Waals surface area contributed by atoms with Crippen molar-refractivity contribution < 1.29 is 9.85 Å². The lowest BCUT2D eigenvalue weighted by Crippen LogP contribution is -2.21. The second-order valence-electron chi connectivity index (χ2n) is 7.09. The van der Waals surface area contributed by atoms with Crippen LogP contribution in [0.15, 0.2) is 28.4 Å². The fraction of sp³-hybridized carbons (Fsp3) is 0.400. The Labute approximate surface area is 209 Å². The molecule has 0 bridgehead atoms. The lowest BCUT2D eigenvalue weighted by Gasteiger charge is -2.16. The summed E-state index contributed by atoms with van der Waals surface area (Å²) in [5, 5.41) is 32.7. The lowest BCUT2D eigenvalue weighted by molar-refractivity contribution is -0.393. The van der Waals surface area contributed by atoms with E-state index in [1.165, 1.54) is 28.7 Å². The highest BCUT2D eigenvalue weighted by Crippen LogP contribution is 2.46. The fourth-order valence-electron chi connectivity index (χ4n) is 3.22. The maximum Gasteiger partial charge on any atom is 0.303 e. The number of hydrogen-bond acceptors (Lipinski definition) is 13. The van der Waals surface area contributed by atoms with Crippen molar-refractivity contribution in [3.05, 3.63) is 38.4 Å². The molecule has 0 aliphatic rings. The molecule has 0 amide bonds. The van der Waals surface area contributed by atoms with Gasteiger partial charge in [-0.05, 0) is 33.8 Å². The molecule has 0 atom stereocenters. The molecule has 0 spiro atoms. The van der Waals surface area contributed by atoms with Crippen LogP contribution in [0, 0.1) is 20.2 Å². The van der Waals surface area contributed by atoms with Crippen LogP contribution in [0.2, 0.25) is 0 Å². The maximum atomic E-state index is 11.5. The first kappa shape index (κ1) is 25.9. The number of rotatable bonds is 11. The number of hydrogen-bond donors (Lipinski definition) is 1. The van der Waals surface area contributed by atoms with E-state index in [4.69, 9.17) is 10.7 Å². The summed E-state index contributed by atoms with van der Waals surface area (Å²) in [4.78, 5) is 35.1. The van der Waals surface area contributed by atoms with E-state index in [0.29, 0.717) is 26.5 Å². The number of benzene rings is 1. The van der Waals surface area contributed by atoms with Crippen LogP contribution in [0.5, 0.6) is 0 Å². The highest BCUT2D eigenvalue weighted by atomic mass is 32.1. The van der Waals surface area contributed by atoms with Crippen LogP contribution < -0.4 is 15.5 Å². The first-order valence-corrected chi connectivity index (χ1v) is 12.5. The van der Waals surface area contributed by atoms with Crippen LogP contribution in [0.3, 0.4) is 0 Å². The largest absolute Gasteiger partial charge is 0.382 e. The second-order valence-corrected chi connectivity index (χ2v) is 9.03. The van der Waals surface area contributed by atoms with Crippen LogP contribution in [0.4, 0.5) is 38.1 Å². The van der Waals surface area contributed by atoms with Gasteiger partial charge in [-0.25, -0.2) is 9.97 Å². The van der Waals surface area contributed by atoms with Gasteiger partial charge >= 0.3 is 5.69 Å². The van der Waals surface area contributed by atoms with E-state index in [1.807, 2.05) is 32.6 Å². The van der Waals surface area contributed by atoms with Crippen LogP contribution in [0.25, 0.3) is 10.6 Å². The standard InChI is InChI=1S/C20H25N9O4S2/c1-5-26(6-2)19-22-15(16-17(21)23-20(34-16)27(7-3)8-4)18(35-19)25-24-13-10-9-12(28(30)31)11-14(13)29(32)33/h9-11H,5-8,21H2,1-4H3. The highest BCUT2D eigenvalue weighted by molar-refractivity contribution is 7.22. The smallest absolute Gasteiger partial charge is 0.303 e. The van der Waals surface area contributed by atoms with E-state index in [-0.39, 0.29) is 5.69 Å². The Morgan fingerprint density at radius 3 is 2.06 bits per heavy atom. The van der Waals surface area contributed by atoms with Crippen molar-refractivity contribution in [1.29, 1.82) is 0 Å². The Bertz CT molecular complexity index is 1250. The predicted molar refractivity (Wildman–Crippen MR) is 139 cm³/mol. The van der Waals surface area contributed by atoms with E-state index in [0.717, 1.165) is 43.4 Å². The molecule has 0 saturated carbocycles. The van der Waals surface area contributed by atoms with E-state index in [2.05, 4.69) is 20.1 Å². The summed E-state index contributed by atoms with van der Waals surface area (Å²) in [7, 11) is 0. The molecule has 0 aliphatic carbocycles. The third-order valence-electron chi connectivity index (χ3n) is 5.14. The summed E-state index contributed by atoms with van der Waals surface area (Å²) in [5.41, 5.74) is 5.71. The third kappa shape index (κ3) is 5.51. The van der Waals surface area contributed by atoms with Crippen LogP contribution in [-0.2, 0) is 0 Å². The minimum Gasteiger partial charge on any atom is -0.382 e. The molecular weight excluding hydrogens is 494 g/mol. The van der Waals surface area contributed by atoms with Crippen molar-refractivity contribution in [3.8, 4) is 10.6 Å². The Kier molecular flexibility index (Phi) is 8.24. The number of anilines is 3. The quantitative estimate of drug-likeness (QED) is 0.187. The summed E-state index contributed by atoms with van der Waals surface area (Å²) >= 11 is 2.67. The number of nitrogens with zero attached hydrogens (tertiary/aromatic N) is 8. The molecule has 0 aliphatic heterocycles. The van der Waals surface area contributed by atoms with Crippen LogP contribution >= 0.6 is 22.7 Å². The average Bonchev–Trinajstić information content (AvgIpc) is 3.42. The number of aromatic nitrogens is 2. The minimum atomic E-state index is -0.728. The van der Waals surface area contributed by atoms with Gasteiger partial charge in [0.25, 0.3) is 5.69 Å². The molecule has 0 fully saturated rings. The van der Waals surface area contributed by atoms with Gasteiger partial charge in [-0.15, -0.1) is 10.2 Å². The van der Waals surface area contributed by atoms with Crippen molar-refractivity contribution in [3.63, 3.8) is 0 Å². The van der Waals surface area contributed by atoms with Crippen molar-refractivity contribution >= 4 is 60.8 Å². The maximum absolute atomic E-state index is 11.5. The Hall–Kier alpha value is -3.72. The average molecular weight is 520 g/mol. The van der Waals surface area contributed by atoms with Gasteiger partial charge in [0.1, 0.15) is 16.4 Å². The minimum absolute atomic E-state index is 0.106. The molecule has 15 heteroatoms. The molecule has 0 radical (unpaired) electrons. The van der Waals surface area contributed by atoms with Gasteiger partial charge in [0.05, 0.1) is 15.9 Å². The van der Waals surface area contributed by atoms with Gasteiger partial charge in [0.15, 0.2) is 21.0 Å². The number of nitrogens with two attached hydrogens (primary N) is 1. The SMILES string of the molecule is CCN(CC)c1nc(-c2sc(N(CC)CC)nc2N)c(N=Nc2ccc([N+](=O)[O-])cc2[N+](=O)[O-])s1. The summed E-state index contributed by atoms with van der Waals surface area (Å²) in [6.07, 6.45) is 0. The van der Waals surface area contributed by atoms with Crippen LogP contribution in [-0.4, -0.2) is 46.0 Å². The number of nitro groups is 2. The Balaban J connectivity index is 2.12. The Morgan fingerprint density at radius 1 is 0.914 bits per heavy atom. The number of non-ortho nitro benzene ring substituents is 1. The zero-order valence-corrected chi connectivity index (χ0v) is 21.3. The van der Waals surface area contributed by atoms with Crippen LogP contribution in [0.1, 0.15) is 27.7 Å². The highest BCUT2D eigenvalue weighted by Gasteiger charge is 2.24. The van der Waals surface area contributed by atoms with Crippen molar-refractivity contribution in [1.82, 2.24) is 9.97 Å². The number of azo groups is 1. The fourth-order valence-corrected chi connectivity index (χ4v) is 5.41. The summed E-state index contributed by atoms with van der Waals surface area (Å²) < 4.78 is 0. The lowest BCUT2D eigenvalue weighted by atomic mass is 10.2. The number of nitrogen functional groups attached to an aromatic ring is 1. The van der Waals surface area contributed by atoms with Crippen molar-refractivity contribution in [2.45, 2.75) is 27.7 Å². The van der Waals surface area contributed by atoms with E-state index in [9.17, 15) is 20.2 Å². The molecule has 0 saturated heterocycles. The van der Waals surface area contributed by atoms with Gasteiger partial charge in [-0.3, -0.25) is 20.2 Å². The molecule has 3 rings (SSSR count). The summed E-state index contributed by atoms with van der Waals surface area (Å²) in [6, 6.07) is 3.21. The van der Waals surface area contributed by atoms with Gasteiger partial charge in [0.2, 0.25) is 0 Å². The van der Waals surface area contributed by atoms with Crippen molar-refractivity contribution in [2.24, 2.45) is 10.2 Å². The third-order valence-corrected chi connectivity index (χ3v) is 7.28. The molecule has 2 heterocycles. The molecule has 0 unspecified atom stereocenters. The van der Waals surface area contributed by atoms with Gasteiger partial charge in [0, 0.05) is 32.2 Å². The zero-order chi connectivity index (χ0) is 25.7. The summed E-state index contributed by atoms with van der Waals surface area (Å²) in [5.74, 6) is 0.311. The Morgan fingerprint density at radius 2 is 1.51 bits per heavy atom. The first-order valence-electron chi connectivity index (χ1n) is 10.9. The molecule has 3 aromatic rings. The summed E-state index contributed by atoms with van der Waals surface area (Å²) in [6.45, 7) is 11.0. The van der Waals surface area contributed by atoms with E-state index < -0.39 is 21.2 Å². The predicted octanol–water partition coefficient (Wildman–Crippen LogP) is 5.77. The molecule has 1 aromatic carbocycles. The van der Waals surface area contributed by atoms with E-state index in [1.54, 1.807) is 0 Å². The number of nitro benzene ring substituents is 2. The zero-order valence-electron chi connectivity index (χ0n) is 19.7. The van der Waals surface area contributed by atoms with Crippen molar-refractivity contribution in [2.75, 3.05) is 41.7 Å². The first-order chi connectivity index (χ1) is 16.7. The second kappa shape index (κ2) is 11.1. The number of thiazole rings is 2. The normalized spacial score (nSPS) is 11.2. The topological polar surface area (TPSA) is 169 Å². The van der Waals surface area contributed by atoms with Gasteiger partial charge < -0.3 is 15.5 Å². The van der Waals surface area contributed by atoms with Gasteiger partial charge in [-0.1, -0.05) is 22.7 Å².